The number of anilines is 1. The van der Waals surface area contributed by atoms with Gasteiger partial charge >= 0.3 is 0 Å². The molecule has 5 nitrogen and oxygen atoms in total. The molecule has 3 aliphatic rings. The van der Waals surface area contributed by atoms with Gasteiger partial charge in [-0.05, 0) is 55.8 Å². The highest BCUT2D eigenvalue weighted by Crippen LogP contribution is 2.50. The molecule has 0 spiro atoms. The highest BCUT2D eigenvalue weighted by molar-refractivity contribution is 8.19. The van der Waals surface area contributed by atoms with Crippen molar-refractivity contribution in [3.8, 4) is 0 Å². The fourth-order valence-electron chi connectivity index (χ4n) is 4.46. The average molecular weight is 464 g/mol. The molecule has 0 aromatic heterocycles. The summed E-state index contributed by atoms with van der Waals surface area (Å²) >= 11 is 3.11. The second-order valence-corrected chi connectivity index (χ2v) is 10.3. The van der Waals surface area contributed by atoms with Gasteiger partial charge in [-0.15, -0.1) is 0 Å². The Kier molecular flexibility index (Phi) is 5.86. The number of amidine groups is 1. The Morgan fingerprint density at radius 3 is 2.56 bits per heavy atom. The van der Waals surface area contributed by atoms with Crippen molar-refractivity contribution in [1.82, 2.24) is 4.90 Å². The molecule has 5 rings (SSSR count). The summed E-state index contributed by atoms with van der Waals surface area (Å²) in [6.45, 7) is 1.56. The Bertz CT molecular complexity index is 1150. The number of amides is 1. The zero-order valence-electron chi connectivity index (χ0n) is 18.2. The summed E-state index contributed by atoms with van der Waals surface area (Å²) in [6.07, 6.45) is 5.51. The highest BCUT2D eigenvalue weighted by atomic mass is 32.2. The molecular formula is C25H25N3O2S2. The summed E-state index contributed by atoms with van der Waals surface area (Å²) in [5.41, 5.74) is 2.46. The monoisotopic (exact) mass is 463 g/mol. The summed E-state index contributed by atoms with van der Waals surface area (Å²) in [7, 11) is 2.02. The molecule has 1 amide bonds. The molecule has 32 heavy (non-hydrogen) atoms. The Morgan fingerprint density at radius 1 is 1.03 bits per heavy atom. The van der Waals surface area contributed by atoms with Crippen LogP contribution in [0.3, 0.4) is 0 Å². The predicted molar refractivity (Wildman–Crippen MR) is 133 cm³/mol. The van der Waals surface area contributed by atoms with Crippen molar-refractivity contribution >= 4 is 51.8 Å². The van der Waals surface area contributed by atoms with E-state index < -0.39 is 0 Å². The van der Waals surface area contributed by atoms with E-state index in [-0.39, 0.29) is 17.7 Å². The summed E-state index contributed by atoms with van der Waals surface area (Å²) in [5.74, 6) is 0.0569. The maximum atomic E-state index is 13.7. The van der Waals surface area contributed by atoms with Gasteiger partial charge in [0.1, 0.15) is 4.91 Å². The quantitative estimate of drug-likeness (QED) is 0.401. The van der Waals surface area contributed by atoms with E-state index in [1.54, 1.807) is 30.8 Å². The third kappa shape index (κ3) is 3.88. The first-order valence-corrected chi connectivity index (χ1v) is 12.6. The van der Waals surface area contributed by atoms with Gasteiger partial charge in [-0.3, -0.25) is 14.5 Å². The smallest absolute Gasteiger partial charge is 0.269 e. The largest absolute Gasteiger partial charge is 0.337 e. The van der Waals surface area contributed by atoms with Crippen LogP contribution in [-0.4, -0.2) is 34.8 Å². The topological polar surface area (TPSA) is 53.0 Å². The van der Waals surface area contributed by atoms with Gasteiger partial charge in [0.25, 0.3) is 5.91 Å². The lowest BCUT2D eigenvalue weighted by atomic mass is 9.94. The van der Waals surface area contributed by atoms with Gasteiger partial charge in [-0.2, -0.15) is 0 Å². The van der Waals surface area contributed by atoms with Crippen LogP contribution in [0.15, 0.2) is 68.4 Å². The molecule has 0 bridgehead atoms. The lowest BCUT2D eigenvalue weighted by molar-refractivity contribution is -0.124. The number of thioether (sulfide) groups is 2. The molecule has 2 heterocycles. The number of aliphatic imine (C=N–C) groups is 1. The van der Waals surface area contributed by atoms with Crippen LogP contribution < -0.4 is 4.90 Å². The van der Waals surface area contributed by atoms with Gasteiger partial charge in [0.2, 0.25) is 0 Å². The van der Waals surface area contributed by atoms with Crippen LogP contribution >= 0.6 is 23.5 Å². The van der Waals surface area contributed by atoms with E-state index in [2.05, 4.69) is 17.0 Å². The minimum atomic E-state index is 0.0101. The number of ketones is 1. The van der Waals surface area contributed by atoms with Crippen LogP contribution in [0.5, 0.6) is 0 Å². The molecule has 0 unspecified atom stereocenters. The lowest BCUT2D eigenvalue weighted by Crippen LogP contribution is -2.40. The fraction of sp³-hybridized carbons (Fsp3) is 0.320. The van der Waals surface area contributed by atoms with E-state index in [0.29, 0.717) is 11.3 Å². The van der Waals surface area contributed by atoms with E-state index in [0.717, 1.165) is 51.4 Å². The molecule has 7 heteroatoms. The third-order valence-corrected chi connectivity index (χ3v) is 8.57. The van der Waals surface area contributed by atoms with Crippen molar-refractivity contribution in [3.63, 3.8) is 0 Å². The van der Waals surface area contributed by atoms with Crippen LogP contribution in [0.2, 0.25) is 0 Å². The van der Waals surface area contributed by atoms with Gasteiger partial charge in [0.15, 0.2) is 11.0 Å². The number of carbonyl (C=O) groups is 2. The van der Waals surface area contributed by atoms with Gasteiger partial charge < -0.3 is 4.90 Å². The Hall–Kier alpha value is -2.51. The number of benzene rings is 2. The van der Waals surface area contributed by atoms with Crippen molar-refractivity contribution in [2.75, 3.05) is 11.9 Å². The van der Waals surface area contributed by atoms with Crippen LogP contribution in [0, 0.1) is 0 Å². The molecule has 1 saturated carbocycles. The van der Waals surface area contributed by atoms with Crippen molar-refractivity contribution < 1.29 is 9.59 Å². The number of rotatable bonds is 3. The Labute approximate surface area is 197 Å². The molecule has 1 aliphatic carbocycles. The second kappa shape index (κ2) is 8.79. The molecule has 2 aromatic carbocycles. The molecule has 2 aromatic rings. The van der Waals surface area contributed by atoms with Crippen molar-refractivity contribution in [3.05, 3.63) is 64.0 Å². The number of hydrogen-bond acceptors (Lipinski definition) is 6. The molecule has 2 fully saturated rings. The zero-order valence-corrected chi connectivity index (χ0v) is 19.8. The first kappa shape index (κ1) is 21.3. The second-order valence-electron chi connectivity index (χ2n) is 8.33. The number of Topliss-reactive ketones (excluding diaryl/α,β-unsaturated/α-hetero) is 1. The molecular weight excluding hydrogens is 438 g/mol. The maximum Gasteiger partial charge on any atom is 0.269 e. The summed E-state index contributed by atoms with van der Waals surface area (Å²) in [6, 6.07) is 15.7. The van der Waals surface area contributed by atoms with E-state index in [9.17, 15) is 9.59 Å². The third-order valence-electron chi connectivity index (χ3n) is 6.16. The standard InChI is InChI=1S/C25H25N3O2S2/c1-16(29)17-9-8-10-18(15-17)26-25-28(19-11-4-3-5-12-19)23(30)22(32-25)24-27(2)20-13-6-7-14-21(20)31-24/h6-10,13-15,19H,3-5,11-12H2,1-2H3. The number of para-hydroxylation sites is 1. The van der Waals surface area contributed by atoms with Crippen molar-refractivity contribution in [2.45, 2.75) is 50.0 Å². The zero-order chi connectivity index (χ0) is 22.2. The van der Waals surface area contributed by atoms with E-state index in [1.165, 1.54) is 18.2 Å². The molecule has 1 saturated heterocycles. The van der Waals surface area contributed by atoms with Crippen LogP contribution in [0.25, 0.3) is 0 Å². The van der Waals surface area contributed by atoms with E-state index in [4.69, 9.17) is 4.99 Å². The molecule has 164 valence electrons. The number of hydrogen-bond donors (Lipinski definition) is 0. The molecule has 2 aliphatic heterocycles. The number of nitrogens with zero attached hydrogens (tertiary/aromatic N) is 3. The normalized spacial score (nSPS) is 22.7. The summed E-state index contributed by atoms with van der Waals surface area (Å²) < 4.78 is 0. The van der Waals surface area contributed by atoms with Crippen LogP contribution in [0.4, 0.5) is 11.4 Å². The molecule has 0 radical (unpaired) electrons. The molecule has 0 N–H and O–H groups in total. The van der Waals surface area contributed by atoms with Crippen LogP contribution in [0.1, 0.15) is 49.4 Å². The molecule has 0 atom stereocenters. The van der Waals surface area contributed by atoms with Gasteiger partial charge in [0.05, 0.1) is 16.4 Å². The Morgan fingerprint density at radius 2 is 1.81 bits per heavy atom. The van der Waals surface area contributed by atoms with Crippen LogP contribution in [-0.2, 0) is 4.79 Å². The number of fused-ring (bicyclic) bond motifs is 1. The Balaban J connectivity index is 1.56. The SMILES string of the molecule is CC(=O)c1cccc(N=C2SC(=C3Sc4ccccc4N3C)C(=O)N2C2CCCCC2)c1. The minimum absolute atomic E-state index is 0.0101. The summed E-state index contributed by atoms with van der Waals surface area (Å²) in [5, 5.41) is 1.68. The van der Waals surface area contributed by atoms with Gasteiger partial charge in [-0.25, -0.2) is 4.99 Å². The van der Waals surface area contributed by atoms with Gasteiger partial charge in [0, 0.05) is 23.5 Å². The number of carbonyl (C=O) groups excluding carboxylic acids is 2. The maximum absolute atomic E-state index is 13.7. The highest BCUT2D eigenvalue weighted by Gasteiger charge is 2.42. The average Bonchev–Trinajstić information content (AvgIpc) is 3.31. The first-order valence-electron chi connectivity index (χ1n) is 11.0. The van der Waals surface area contributed by atoms with E-state index >= 15 is 0 Å². The predicted octanol–water partition coefficient (Wildman–Crippen LogP) is 6.20. The van der Waals surface area contributed by atoms with Gasteiger partial charge in [-0.1, -0.05) is 55.3 Å². The fourth-order valence-corrected chi connectivity index (χ4v) is 6.86. The minimum Gasteiger partial charge on any atom is -0.337 e. The van der Waals surface area contributed by atoms with E-state index in [1.807, 2.05) is 36.2 Å². The van der Waals surface area contributed by atoms with Crippen molar-refractivity contribution in [2.24, 2.45) is 4.99 Å². The van der Waals surface area contributed by atoms with Crippen molar-refractivity contribution in [1.29, 1.82) is 0 Å². The first-order chi connectivity index (χ1) is 15.5. The lowest BCUT2D eigenvalue weighted by Gasteiger charge is -2.30. The summed E-state index contributed by atoms with van der Waals surface area (Å²) in [4.78, 5) is 36.4.